The summed E-state index contributed by atoms with van der Waals surface area (Å²) in [6.07, 6.45) is 7.12. The maximum absolute atomic E-state index is 6.09. The molecule has 1 saturated carbocycles. The molecule has 3 rings (SSSR count). The van der Waals surface area contributed by atoms with Crippen LogP contribution in [0.2, 0.25) is 0 Å². The lowest BCUT2D eigenvalue weighted by Crippen LogP contribution is -2.04. The van der Waals surface area contributed by atoms with E-state index in [1.807, 2.05) is 6.20 Å². The molecule has 0 saturated heterocycles. The Morgan fingerprint density at radius 3 is 2.82 bits per heavy atom. The van der Waals surface area contributed by atoms with Crippen molar-refractivity contribution in [1.82, 2.24) is 9.78 Å². The fourth-order valence-electron chi connectivity index (χ4n) is 2.55. The molecule has 1 aliphatic rings. The fourth-order valence-corrected chi connectivity index (χ4v) is 3.49. The molecule has 0 aliphatic heterocycles. The summed E-state index contributed by atoms with van der Waals surface area (Å²) in [5, 5.41) is 6.79. The normalized spacial score (nSPS) is 16.8. The van der Waals surface area contributed by atoms with Crippen LogP contribution in [-0.4, -0.2) is 9.78 Å². The van der Waals surface area contributed by atoms with Gasteiger partial charge in [0, 0.05) is 6.20 Å². The zero-order valence-electron chi connectivity index (χ0n) is 10.0. The van der Waals surface area contributed by atoms with Crippen LogP contribution in [0, 0.1) is 6.92 Å². The minimum absolute atomic E-state index is 0.561. The highest BCUT2D eigenvalue weighted by molar-refractivity contribution is 7.13. The molecule has 2 aromatic rings. The Bertz CT molecular complexity index is 521. The molecule has 1 aliphatic carbocycles. The van der Waals surface area contributed by atoms with Gasteiger partial charge in [-0.2, -0.15) is 5.10 Å². The number of hydrogen-bond acceptors (Lipinski definition) is 3. The van der Waals surface area contributed by atoms with E-state index in [0.717, 1.165) is 11.4 Å². The fraction of sp³-hybridized carbons (Fsp3) is 0.462. The summed E-state index contributed by atoms with van der Waals surface area (Å²) in [4.78, 5) is 1.21. The SMILES string of the molecule is Cc1ccsc1-c1nn(C2CCCC2)cc1N. The van der Waals surface area contributed by atoms with Crippen molar-refractivity contribution < 1.29 is 0 Å². The van der Waals surface area contributed by atoms with Crippen LogP contribution in [0.15, 0.2) is 17.6 Å². The largest absolute Gasteiger partial charge is 0.396 e. The van der Waals surface area contributed by atoms with Crippen LogP contribution in [0.4, 0.5) is 5.69 Å². The summed E-state index contributed by atoms with van der Waals surface area (Å²) < 4.78 is 2.08. The predicted molar refractivity (Wildman–Crippen MR) is 72.2 cm³/mol. The lowest BCUT2D eigenvalue weighted by Gasteiger charge is -2.08. The lowest BCUT2D eigenvalue weighted by molar-refractivity contribution is 0.468. The molecule has 90 valence electrons. The standard InChI is InChI=1S/C13H17N3S/c1-9-6-7-17-13(9)12-11(14)8-16(15-12)10-4-2-3-5-10/h6-8,10H,2-5,14H2,1H3. The number of hydrogen-bond donors (Lipinski definition) is 1. The summed E-state index contributed by atoms with van der Waals surface area (Å²) in [6.45, 7) is 2.11. The van der Waals surface area contributed by atoms with Gasteiger partial charge in [-0.15, -0.1) is 11.3 Å². The number of nitrogens with zero attached hydrogens (tertiary/aromatic N) is 2. The van der Waals surface area contributed by atoms with E-state index in [4.69, 9.17) is 10.8 Å². The Morgan fingerprint density at radius 2 is 2.18 bits per heavy atom. The van der Waals surface area contributed by atoms with Crippen LogP contribution in [0.1, 0.15) is 37.3 Å². The molecule has 2 heterocycles. The number of thiophene rings is 1. The van der Waals surface area contributed by atoms with Gasteiger partial charge in [0.05, 0.1) is 16.6 Å². The second-order valence-corrected chi connectivity index (χ2v) is 5.70. The number of anilines is 1. The Kier molecular flexibility index (Phi) is 2.67. The maximum atomic E-state index is 6.09. The third kappa shape index (κ3) is 1.86. The number of nitrogens with two attached hydrogens (primary N) is 1. The molecule has 4 heteroatoms. The molecule has 0 bridgehead atoms. The van der Waals surface area contributed by atoms with Crippen molar-refractivity contribution in [3.63, 3.8) is 0 Å². The third-order valence-corrected chi connectivity index (χ3v) is 4.56. The van der Waals surface area contributed by atoms with Gasteiger partial charge < -0.3 is 5.73 Å². The van der Waals surface area contributed by atoms with Crippen molar-refractivity contribution in [2.75, 3.05) is 5.73 Å². The van der Waals surface area contributed by atoms with Crippen molar-refractivity contribution in [3.8, 4) is 10.6 Å². The zero-order chi connectivity index (χ0) is 11.8. The first kappa shape index (κ1) is 10.8. The summed E-state index contributed by atoms with van der Waals surface area (Å²) >= 11 is 1.72. The van der Waals surface area contributed by atoms with E-state index in [-0.39, 0.29) is 0 Å². The van der Waals surface area contributed by atoms with E-state index in [1.54, 1.807) is 11.3 Å². The molecule has 0 unspecified atom stereocenters. The van der Waals surface area contributed by atoms with Crippen LogP contribution in [0.25, 0.3) is 10.6 Å². The van der Waals surface area contributed by atoms with E-state index in [1.165, 1.54) is 36.1 Å². The van der Waals surface area contributed by atoms with E-state index < -0.39 is 0 Å². The van der Waals surface area contributed by atoms with Crippen molar-refractivity contribution in [1.29, 1.82) is 0 Å². The van der Waals surface area contributed by atoms with Crippen LogP contribution >= 0.6 is 11.3 Å². The molecule has 0 aromatic carbocycles. The minimum atomic E-state index is 0.561. The molecule has 0 spiro atoms. The molecule has 17 heavy (non-hydrogen) atoms. The Balaban J connectivity index is 1.98. The first-order valence-electron chi connectivity index (χ1n) is 6.15. The molecule has 1 fully saturated rings. The lowest BCUT2D eigenvalue weighted by atomic mass is 10.2. The zero-order valence-corrected chi connectivity index (χ0v) is 10.8. The topological polar surface area (TPSA) is 43.8 Å². The van der Waals surface area contributed by atoms with Gasteiger partial charge in [-0.1, -0.05) is 12.8 Å². The number of nitrogen functional groups attached to an aromatic ring is 1. The molecule has 0 radical (unpaired) electrons. The highest BCUT2D eigenvalue weighted by atomic mass is 32.1. The summed E-state index contributed by atoms with van der Waals surface area (Å²) in [6, 6.07) is 2.68. The van der Waals surface area contributed by atoms with Crippen LogP contribution in [0.3, 0.4) is 0 Å². The highest BCUT2D eigenvalue weighted by Gasteiger charge is 2.20. The van der Waals surface area contributed by atoms with Crippen LogP contribution in [0.5, 0.6) is 0 Å². The van der Waals surface area contributed by atoms with E-state index in [9.17, 15) is 0 Å². The van der Waals surface area contributed by atoms with Gasteiger partial charge in [-0.05, 0) is 36.8 Å². The maximum Gasteiger partial charge on any atom is 0.125 e. The number of rotatable bonds is 2. The average Bonchev–Trinajstić information content (AvgIpc) is 2.98. The first-order chi connectivity index (χ1) is 8.25. The molecule has 0 amide bonds. The van der Waals surface area contributed by atoms with Crippen LogP contribution < -0.4 is 5.73 Å². The van der Waals surface area contributed by atoms with E-state index >= 15 is 0 Å². The Hall–Kier alpha value is -1.29. The average molecular weight is 247 g/mol. The van der Waals surface area contributed by atoms with Gasteiger partial charge in [-0.3, -0.25) is 4.68 Å². The second-order valence-electron chi connectivity index (χ2n) is 4.78. The Morgan fingerprint density at radius 1 is 1.41 bits per heavy atom. The second kappa shape index (κ2) is 4.18. The smallest absolute Gasteiger partial charge is 0.125 e. The molecule has 2 N–H and O–H groups in total. The quantitative estimate of drug-likeness (QED) is 0.881. The van der Waals surface area contributed by atoms with Gasteiger partial charge in [0.1, 0.15) is 5.69 Å². The molecular weight excluding hydrogens is 230 g/mol. The third-order valence-electron chi connectivity index (χ3n) is 3.54. The minimum Gasteiger partial charge on any atom is -0.396 e. The van der Waals surface area contributed by atoms with Gasteiger partial charge in [0.2, 0.25) is 0 Å². The summed E-state index contributed by atoms with van der Waals surface area (Å²) in [5.41, 5.74) is 9.13. The summed E-state index contributed by atoms with van der Waals surface area (Å²) in [5.74, 6) is 0. The van der Waals surface area contributed by atoms with Crippen molar-refractivity contribution in [2.45, 2.75) is 38.6 Å². The van der Waals surface area contributed by atoms with Gasteiger partial charge in [0.15, 0.2) is 0 Å². The van der Waals surface area contributed by atoms with Crippen molar-refractivity contribution >= 4 is 17.0 Å². The number of aryl methyl sites for hydroxylation is 1. The monoisotopic (exact) mass is 247 g/mol. The van der Waals surface area contributed by atoms with E-state index in [0.29, 0.717) is 6.04 Å². The van der Waals surface area contributed by atoms with Gasteiger partial charge in [0.25, 0.3) is 0 Å². The highest BCUT2D eigenvalue weighted by Crippen LogP contribution is 2.35. The van der Waals surface area contributed by atoms with Crippen LogP contribution in [-0.2, 0) is 0 Å². The van der Waals surface area contributed by atoms with Crippen molar-refractivity contribution in [3.05, 3.63) is 23.2 Å². The molecule has 3 nitrogen and oxygen atoms in total. The predicted octanol–water partition coefficient (Wildman–Crippen LogP) is 3.62. The van der Waals surface area contributed by atoms with E-state index in [2.05, 4.69) is 23.1 Å². The number of aromatic nitrogens is 2. The molecule has 2 aromatic heterocycles. The molecular formula is C13H17N3S. The first-order valence-corrected chi connectivity index (χ1v) is 7.03. The molecule has 0 atom stereocenters. The van der Waals surface area contributed by atoms with Gasteiger partial charge in [-0.25, -0.2) is 0 Å². The van der Waals surface area contributed by atoms with Crippen molar-refractivity contribution in [2.24, 2.45) is 0 Å². The summed E-state index contributed by atoms with van der Waals surface area (Å²) in [7, 11) is 0. The Labute approximate surface area is 105 Å². The van der Waals surface area contributed by atoms with Gasteiger partial charge >= 0.3 is 0 Å².